The standard InChI is InChI=1S/C27H22ClN3O6S2/c28-21-10-6-18(7-11-21)19-8-12-23(13-9-19)39(36,37)31-27(26(32)33)16-25(27)20-3-1-4-22(15-20)30-38(34,35)24-5-2-14-29-17-24/h1-15,17,25,30-31H,16H2,(H,32,33)/t25-,27+/m0/s1. The Morgan fingerprint density at radius 3 is 2.15 bits per heavy atom. The third-order valence-corrected chi connectivity index (χ3v) is 9.63. The van der Waals surface area contributed by atoms with Crippen molar-refractivity contribution < 1.29 is 26.7 Å². The normalized spacial score (nSPS) is 18.8. The summed E-state index contributed by atoms with van der Waals surface area (Å²) in [5, 5.41) is 10.6. The highest BCUT2D eigenvalue weighted by Gasteiger charge is 2.63. The number of aliphatic carboxylic acids is 1. The van der Waals surface area contributed by atoms with E-state index in [1.807, 2.05) is 12.1 Å². The largest absolute Gasteiger partial charge is 0.480 e. The molecule has 0 amide bonds. The van der Waals surface area contributed by atoms with Crippen LogP contribution in [0, 0.1) is 0 Å². The number of pyridine rings is 1. The van der Waals surface area contributed by atoms with Crippen LogP contribution < -0.4 is 9.44 Å². The van der Waals surface area contributed by atoms with E-state index in [1.165, 1.54) is 48.8 Å². The summed E-state index contributed by atoms with van der Waals surface area (Å²) < 4.78 is 56.5. The molecule has 1 fully saturated rings. The van der Waals surface area contributed by atoms with E-state index in [9.17, 15) is 26.7 Å². The van der Waals surface area contributed by atoms with Crippen molar-refractivity contribution in [1.82, 2.24) is 9.71 Å². The maximum absolute atomic E-state index is 13.2. The Morgan fingerprint density at radius 1 is 0.872 bits per heavy atom. The molecule has 1 saturated carbocycles. The van der Waals surface area contributed by atoms with Crippen LogP contribution in [0.3, 0.4) is 0 Å². The van der Waals surface area contributed by atoms with Crippen LogP contribution in [0.15, 0.2) is 107 Å². The molecular weight excluding hydrogens is 562 g/mol. The Balaban J connectivity index is 1.36. The fourth-order valence-corrected chi connectivity index (χ4v) is 6.91. The zero-order valence-corrected chi connectivity index (χ0v) is 22.5. The summed E-state index contributed by atoms with van der Waals surface area (Å²) >= 11 is 5.93. The second kappa shape index (κ2) is 10.1. The van der Waals surface area contributed by atoms with E-state index >= 15 is 0 Å². The molecule has 3 aromatic carbocycles. The number of rotatable bonds is 9. The number of benzene rings is 3. The van der Waals surface area contributed by atoms with Gasteiger partial charge in [0, 0.05) is 29.0 Å². The van der Waals surface area contributed by atoms with Gasteiger partial charge < -0.3 is 5.11 Å². The molecule has 0 unspecified atom stereocenters. The molecule has 2 atom stereocenters. The minimum absolute atomic E-state index is 0.00320. The summed E-state index contributed by atoms with van der Waals surface area (Å²) in [6.45, 7) is 0. The lowest BCUT2D eigenvalue weighted by Gasteiger charge is -2.16. The van der Waals surface area contributed by atoms with E-state index < -0.39 is 37.5 Å². The van der Waals surface area contributed by atoms with Crippen molar-refractivity contribution in [3.05, 3.63) is 108 Å². The monoisotopic (exact) mass is 583 g/mol. The maximum Gasteiger partial charge on any atom is 0.325 e. The van der Waals surface area contributed by atoms with E-state index in [0.29, 0.717) is 10.6 Å². The highest BCUT2D eigenvalue weighted by Crippen LogP contribution is 2.53. The predicted octanol–water partition coefficient (Wildman–Crippen LogP) is 4.49. The first-order valence-corrected chi connectivity index (χ1v) is 15.0. The molecule has 0 radical (unpaired) electrons. The predicted molar refractivity (Wildman–Crippen MR) is 146 cm³/mol. The van der Waals surface area contributed by atoms with Crippen LogP contribution >= 0.6 is 11.6 Å². The van der Waals surface area contributed by atoms with Crippen molar-refractivity contribution in [3.8, 4) is 11.1 Å². The Labute approximate surface area is 230 Å². The zero-order chi connectivity index (χ0) is 27.8. The highest BCUT2D eigenvalue weighted by molar-refractivity contribution is 7.92. The topological polar surface area (TPSA) is 143 Å². The lowest BCUT2D eigenvalue weighted by molar-refractivity contribution is -0.140. The fraction of sp³-hybridized carbons (Fsp3) is 0.111. The van der Waals surface area contributed by atoms with Crippen molar-refractivity contribution >= 4 is 43.3 Å². The van der Waals surface area contributed by atoms with Gasteiger partial charge in [0.2, 0.25) is 10.0 Å². The summed E-state index contributed by atoms with van der Waals surface area (Å²) in [4.78, 5) is 16.0. The second-order valence-corrected chi connectivity index (χ2v) is 12.9. The highest BCUT2D eigenvalue weighted by atomic mass is 35.5. The molecule has 0 spiro atoms. The van der Waals surface area contributed by atoms with E-state index in [4.69, 9.17) is 11.6 Å². The molecule has 0 saturated heterocycles. The number of sulfonamides is 2. The van der Waals surface area contributed by atoms with E-state index in [2.05, 4.69) is 14.4 Å². The fourth-order valence-electron chi connectivity index (χ4n) is 4.36. The first-order chi connectivity index (χ1) is 18.5. The third-order valence-electron chi connectivity index (χ3n) is 6.49. The number of carbonyl (C=O) groups is 1. The first kappa shape index (κ1) is 26.8. The van der Waals surface area contributed by atoms with Crippen molar-refractivity contribution in [3.63, 3.8) is 0 Å². The molecule has 4 aromatic rings. The molecule has 1 heterocycles. The van der Waals surface area contributed by atoms with Gasteiger partial charge in [-0.05, 0) is 71.6 Å². The summed E-state index contributed by atoms with van der Waals surface area (Å²) in [7, 11) is -8.11. The number of aromatic nitrogens is 1. The summed E-state index contributed by atoms with van der Waals surface area (Å²) in [6, 6.07) is 22.3. The molecule has 0 aliphatic heterocycles. The first-order valence-electron chi connectivity index (χ1n) is 11.7. The van der Waals surface area contributed by atoms with E-state index in [0.717, 1.165) is 11.1 Å². The number of halogens is 1. The van der Waals surface area contributed by atoms with Crippen LogP contribution in [0.1, 0.15) is 17.9 Å². The second-order valence-electron chi connectivity index (χ2n) is 9.09. The van der Waals surface area contributed by atoms with Gasteiger partial charge in [-0.3, -0.25) is 14.5 Å². The molecule has 1 aliphatic carbocycles. The Kier molecular flexibility index (Phi) is 6.93. The van der Waals surface area contributed by atoms with Crippen molar-refractivity contribution in [2.45, 2.75) is 27.7 Å². The van der Waals surface area contributed by atoms with Gasteiger partial charge in [-0.1, -0.05) is 48.0 Å². The van der Waals surface area contributed by atoms with E-state index in [-0.39, 0.29) is 21.9 Å². The SMILES string of the molecule is O=C(O)[C@@]1(NS(=O)(=O)c2ccc(-c3ccc(Cl)cc3)cc2)C[C@H]1c1cccc(NS(=O)(=O)c2cccnc2)c1. The lowest BCUT2D eigenvalue weighted by Crippen LogP contribution is -2.44. The minimum atomic E-state index is -4.19. The van der Waals surface area contributed by atoms with Crippen molar-refractivity contribution in [2.24, 2.45) is 0 Å². The Morgan fingerprint density at radius 2 is 1.54 bits per heavy atom. The third kappa shape index (κ3) is 5.52. The van der Waals surface area contributed by atoms with Gasteiger partial charge >= 0.3 is 5.97 Å². The average Bonchev–Trinajstić information content (AvgIpc) is 3.64. The van der Waals surface area contributed by atoms with Crippen LogP contribution in [0.4, 0.5) is 5.69 Å². The molecule has 3 N–H and O–H groups in total. The molecule has 0 bridgehead atoms. The number of hydrogen-bond donors (Lipinski definition) is 3. The number of carboxylic acids is 1. The number of nitrogens with one attached hydrogen (secondary N) is 2. The van der Waals surface area contributed by atoms with Gasteiger partial charge in [-0.15, -0.1) is 0 Å². The van der Waals surface area contributed by atoms with Crippen LogP contribution in [0.25, 0.3) is 11.1 Å². The molecule has 39 heavy (non-hydrogen) atoms. The van der Waals surface area contributed by atoms with Crippen LogP contribution in [0.5, 0.6) is 0 Å². The van der Waals surface area contributed by atoms with Gasteiger partial charge in [0.1, 0.15) is 10.4 Å². The molecule has 9 nitrogen and oxygen atoms in total. The van der Waals surface area contributed by atoms with Gasteiger partial charge in [-0.2, -0.15) is 4.72 Å². The Bertz CT molecular complexity index is 1750. The van der Waals surface area contributed by atoms with E-state index in [1.54, 1.807) is 36.4 Å². The lowest BCUT2D eigenvalue weighted by atomic mass is 10.1. The van der Waals surface area contributed by atoms with Crippen LogP contribution in [0.2, 0.25) is 5.02 Å². The number of nitrogens with zero attached hydrogens (tertiary/aromatic N) is 1. The molecular formula is C27H22ClN3O6S2. The van der Waals surface area contributed by atoms with Crippen LogP contribution in [-0.4, -0.2) is 38.4 Å². The van der Waals surface area contributed by atoms with Crippen LogP contribution in [-0.2, 0) is 24.8 Å². The zero-order valence-electron chi connectivity index (χ0n) is 20.2. The van der Waals surface area contributed by atoms with Gasteiger partial charge in [-0.25, -0.2) is 16.8 Å². The van der Waals surface area contributed by atoms with Gasteiger partial charge in [0.05, 0.1) is 4.90 Å². The molecule has 1 aliphatic rings. The number of carboxylic acid groups (broad SMARTS) is 1. The summed E-state index contributed by atoms with van der Waals surface area (Å²) in [5.41, 5.74) is 0.537. The quantitative estimate of drug-likeness (QED) is 0.263. The summed E-state index contributed by atoms with van der Waals surface area (Å²) in [6.07, 6.45) is 2.66. The maximum atomic E-state index is 13.2. The minimum Gasteiger partial charge on any atom is -0.480 e. The summed E-state index contributed by atoms with van der Waals surface area (Å²) in [5.74, 6) is -2.03. The molecule has 200 valence electrons. The van der Waals surface area contributed by atoms with Crippen molar-refractivity contribution in [1.29, 1.82) is 0 Å². The van der Waals surface area contributed by atoms with Gasteiger partial charge in [0.25, 0.3) is 10.0 Å². The van der Waals surface area contributed by atoms with Gasteiger partial charge in [0.15, 0.2) is 0 Å². The average molecular weight is 584 g/mol. The number of hydrogen-bond acceptors (Lipinski definition) is 6. The number of anilines is 1. The Hall–Kier alpha value is -3.77. The molecule has 1 aromatic heterocycles. The van der Waals surface area contributed by atoms with Crippen molar-refractivity contribution in [2.75, 3.05) is 4.72 Å². The molecule has 5 rings (SSSR count). The molecule has 12 heteroatoms. The smallest absolute Gasteiger partial charge is 0.325 e.